The molecule has 1 aromatic heterocycles. The standard InChI is InChI=1S/C12H12N4O4S/c1-20-7-2-3-8(10(4-7)16(18)19)15-12(17)9-6-21-11(5-13)14-9/h2-4,6H,5,13H2,1H3,(H,15,17). The second-order valence-electron chi connectivity index (χ2n) is 3.92. The van der Waals surface area contributed by atoms with E-state index in [9.17, 15) is 14.9 Å². The summed E-state index contributed by atoms with van der Waals surface area (Å²) in [6.45, 7) is 0.237. The van der Waals surface area contributed by atoms with Gasteiger partial charge in [0.1, 0.15) is 22.1 Å². The minimum absolute atomic E-state index is 0.0769. The highest BCUT2D eigenvalue weighted by Crippen LogP contribution is 2.29. The van der Waals surface area contributed by atoms with Crippen molar-refractivity contribution in [3.63, 3.8) is 0 Å². The van der Waals surface area contributed by atoms with Crippen LogP contribution in [-0.4, -0.2) is 22.9 Å². The van der Waals surface area contributed by atoms with E-state index in [1.807, 2.05) is 0 Å². The molecule has 1 aromatic carbocycles. The monoisotopic (exact) mass is 308 g/mol. The summed E-state index contributed by atoms with van der Waals surface area (Å²) in [6, 6.07) is 4.17. The zero-order chi connectivity index (χ0) is 15.4. The van der Waals surface area contributed by atoms with Gasteiger partial charge < -0.3 is 15.8 Å². The second-order valence-corrected chi connectivity index (χ2v) is 4.87. The molecule has 0 saturated carbocycles. The summed E-state index contributed by atoms with van der Waals surface area (Å²) >= 11 is 1.25. The average molecular weight is 308 g/mol. The highest BCUT2D eigenvalue weighted by Gasteiger charge is 2.19. The van der Waals surface area contributed by atoms with Crippen LogP contribution in [0.1, 0.15) is 15.5 Å². The number of methoxy groups -OCH3 is 1. The van der Waals surface area contributed by atoms with Crippen molar-refractivity contribution < 1.29 is 14.5 Å². The molecule has 0 fully saturated rings. The van der Waals surface area contributed by atoms with Gasteiger partial charge in [0.15, 0.2) is 0 Å². The summed E-state index contributed by atoms with van der Waals surface area (Å²) in [5, 5.41) is 15.7. The highest BCUT2D eigenvalue weighted by molar-refractivity contribution is 7.09. The normalized spacial score (nSPS) is 10.2. The fourth-order valence-electron chi connectivity index (χ4n) is 1.59. The number of thiazole rings is 1. The van der Waals surface area contributed by atoms with Crippen molar-refractivity contribution >= 4 is 28.6 Å². The number of nitrogens with two attached hydrogens (primary N) is 1. The molecule has 0 aliphatic heterocycles. The highest BCUT2D eigenvalue weighted by atomic mass is 32.1. The van der Waals surface area contributed by atoms with Crippen molar-refractivity contribution in [1.82, 2.24) is 4.98 Å². The summed E-state index contributed by atoms with van der Waals surface area (Å²) < 4.78 is 4.93. The third kappa shape index (κ3) is 3.33. The van der Waals surface area contributed by atoms with E-state index in [2.05, 4.69) is 10.3 Å². The zero-order valence-electron chi connectivity index (χ0n) is 11.0. The van der Waals surface area contributed by atoms with Gasteiger partial charge in [-0.2, -0.15) is 0 Å². The number of nitrogens with zero attached hydrogens (tertiary/aromatic N) is 2. The summed E-state index contributed by atoms with van der Waals surface area (Å²) in [5.74, 6) is -0.196. The molecule has 0 aliphatic carbocycles. The van der Waals surface area contributed by atoms with Gasteiger partial charge in [-0.25, -0.2) is 4.98 Å². The Kier molecular flexibility index (Phi) is 4.45. The third-order valence-corrected chi connectivity index (χ3v) is 3.48. The van der Waals surface area contributed by atoms with Crippen LogP contribution in [0.2, 0.25) is 0 Å². The van der Waals surface area contributed by atoms with E-state index in [1.165, 1.54) is 36.6 Å². The second kappa shape index (κ2) is 6.29. The number of hydrogen-bond acceptors (Lipinski definition) is 7. The Morgan fingerprint density at radius 1 is 1.57 bits per heavy atom. The number of aromatic nitrogens is 1. The average Bonchev–Trinajstić information content (AvgIpc) is 2.96. The van der Waals surface area contributed by atoms with E-state index in [0.29, 0.717) is 10.8 Å². The molecule has 2 aromatic rings. The molecule has 0 spiro atoms. The molecule has 3 N–H and O–H groups in total. The summed E-state index contributed by atoms with van der Waals surface area (Å²) in [7, 11) is 1.40. The maximum atomic E-state index is 12.0. The van der Waals surface area contributed by atoms with Gasteiger partial charge in [-0.1, -0.05) is 0 Å². The number of ether oxygens (including phenoxy) is 1. The van der Waals surface area contributed by atoms with Crippen molar-refractivity contribution in [2.75, 3.05) is 12.4 Å². The lowest BCUT2D eigenvalue weighted by atomic mass is 10.2. The number of nitro benzene ring substituents is 1. The molecule has 0 saturated heterocycles. The van der Waals surface area contributed by atoms with Crippen LogP contribution in [0.5, 0.6) is 5.75 Å². The van der Waals surface area contributed by atoms with Crippen molar-refractivity contribution in [1.29, 1.82) is 0 Å². The van der Waals surface area contributed by atoms with E-state index in [1.54, 1.807) is 5.38 Å². The first kappa shape index (κ1) is 14.9. The Morgan fingerprint density at radius 2 is 2.33 bits per heavy atom. The molecule has 0 bridgehead atoms. The lowest BCUT2D eigenvalue weighted by Gasteiger charge is -2.06. The first-order valence-electron chi connectivity index (χ1n) is 5.83. The number of hydrogen-bond donors (Lipinski definition) is 2. The van der Waals surface area contributed by atoms with E-state index in [-0.39, 0.29) is 23.6 Å². The maximum absolute atomic E-state index is 12.0. The molecule has 9 heteroatoms. The maximum Gasteiger partial charge on any atom is 0.296 e. The minimum Gasteiger partial charge on any atom is -0.496 e. The van der Waals surface area contributed by atoms with Crippen LogP contribution in [0.15, 0.2) is 23.6 Å². The van der Waals surface area contributed by atoms with Gasteiger partial charge in [0, 0.05) is 11.9 Å². The van der Waals surface area contributed by atoms with Crippen molar-refractivity contribution in [3.8, 4) is 5.75 Å². The lowest BCUT2D eigenvalue weighted by molar-refractivity contribution is -0.384. The van der Waals surface area contributed by atoms with Gasteiger partial charge in [0.2, 0.25) is 0 Å². The smallest absolute Gasteiger partial charge is 0.296 e. The molecule has 21 heavy (non-hydrogen) atoms. The van der Waals surface area contributed by atoms with Crippen molar-refractivity contribution in [3.05, 3.63) is 44.4 Å². The Hall–Kier alpha value is -2.52. The predicted molar refractivity (Wildman–Crippen MR) is 77.6 cm³/mol. The molecule has 0 unspecified atom stereocenters. The van der Waals surface area contributed by atoms with Gasteiger partial charge in [0.25, 0.3) is 11.6 Å². The number of benzene rings is 1. The SMILES string of the molecule is COc1ccc(NC(=O)c2csc(CN)n2)c([N+](=O)[O-])c1. The summed E-state index contributed by atoms with van der Waals surface area (Å²) in [6.07, 6.45) is 0. The molecule has 0 radical (unpaired) electrons. The minimum atomic E-state index is -0.593. The summed E-state index contributed by atoms with van der Waals surface area (Å²) in [4.78, 5) is 26.5. The van der Waals surface area contributed by atoms with E-state index in [4.69, 9.17) is 10.5 Å². The number of rotatable bonds is 5. The molecule has 2 rings (SSSR count). The molecular weight excluding hydrogens is 296 g/mol. The third-order valence-electron chi connectivity index (χ3n) is 2.61. The Morgan fingerprint density at radius 3 is 2.90 bits per heavy atom. The zero-order valence-corrected chi connectivity index (χ0v) is 11.8. The predicted octanol–water partition coefficient (Wildman–Crippen LogP) is 1.77. The number of anilines is 1. The molecule has 0 atom stereocenters. The van der Waals surface area contributed by atoms with Crippen LogP contribution in [0.3, 0.4) is 0 Å². The first-order chi connectivity index (χ1) is 10.0. The van der Waals surface area contributed by atoms with Crippen LogP contribution in [0.4, 0.5) is 11.4 Å². The fraction of sp³-hybridized carbons (Fsp3) is 0.167. The van der Waals surface area contributed by atoms with Crippen molar-refractivity contribution in [2.24, 2.45) is 5.73 Å². The van der Waals surface area contributed by atoms with E-state index in [0.717, 1.165) is 0 Å². The molecule has 8 nitrogen and oxygen atoms in total. The van der Waals surface area contributed by atoms with Crippen LogP contribution in [0, 0.1) is 10.1 Å². The molecule has 1 amide bonds. The van der Waals surface area contributed by atoms with Crippen molar-refractivity contribution in [2.45, 2.75) is 6.54 Å². The van der Waals surface area contributed by atoms with Gasteiger partial charge in [0.05, 0.1) is 18.1 Å². The van der Waals surface area contributed by atoms with Crippen LogP contribution in [0.25, 0.3) is 0 Å². The number of nitrogens with one attached hydrogen (secondary N) is 1. The Balaban J connectivity index is 2.26. The molecule has 0 aliphatic rings. The molecule has 1 heterocycles. The quantitative estimate of drug-likeness (QED) is 0.641. The van der Waals surface area contributed by atoms with E-state index >= 15 is 0 Å². The van der Waals surface area contributed by atoms with Gasteiger partial charge in [-0.15, -0.1) is 11.3 Å². The lowest BCUT2D eigenvalue weighted by Crippen LogP contribution is -2.14. The number of carbonyl (C=O) groups excluding carboxylic acids is 1. The number of carbonyl (C=O) groups is 1. The number of amides is 1. The van der Waals surface area contributed by atoms with Gasteiger partial charge in [-0.3, -0.25) is 14.9 Å². The fourth-order valence-corrected chi connectivity index (χ4v) is 2.25. The topological polar surface area (TPSA) is 120 Å². The largest absolute Gasteiger partial charge is 0.496 e. The number of nitro groups is 1. The molecular formula is C12H12N4O4S. The Labute approximate surface area is 123 Å². The molecule has 110 valence electrons. The Bertz CT molecular complexity index is 686. The van der Waals surface area contributed by atoms with E-state index < -0.39 is 10.8 Å². The van der Waals surface area contributed by atoms with Gasteiger partial charge in [-0.05, 0) is 12.1 Å². The summed E-state index contributed by atoms with van der Waals surface area (Å²) in [5.41, 5.74) is 5.42. The van der Waals surface area contributed by atoms with Gasteiger partial charge >= 0.3 is 0 Å². The first-order valence-corrected chi connectivity index (χ1v) is 6.71. The van der Waals surface area contributed by atoms with Crippen LogP contribution in [-0.2, 0) is 6.54 Å². The van der Waals surface area contributed by atoms with Crippen LogP contribution < -0.4 is 15.8 Å². The van der Waals surface area contributed by atoms with Crippen LogP contribution >= 0.6 is 11.3 Å².